The first kappa shape index (κ1) is 21.2. The molecule has 0 bridgehead atoms. The molecular formula is C26H21NO5S. The van der Waals surface area contributed by atoms with Crippen LogP contribution in [0.5, 0.6) is 0 Å². The number of carbonyl (C=O) groups is 2. The highest BCUT2D eigenvalue weighted by atomic mass is 32.1. The second-order valence-electron chi connectivity index (χ2n) is 7.94. The fourth-order valence-electron chi connectivity index (χ4n) is 4.09. The number of amides is 1. The molecule has 166 valence electrons. The van der Waals surface area contributed by atoms with Crippen molar-refractivity contribution in [2.75, 3.05) is 13.2 Å². The molecular weight excluding hydrogens is 438 g/mol. The van der Waals surface area contributed by atoms with Crippen LogP contribution >= 0.6 is 11.3 Å². The zero-order chi connectivity index (χ0) is 22.9. The summed E-state index contributed by atoms with van der Waals surface area (Å²) in [4.78, 5) is 41.5. The van der Waals surface area contributed by atoms with Gasteiger partial charge in [0.25, 0.3) is 5.91 Å². The summed E-state index contributed by atoms with van der Waals surface area (Å²) in [5, 5.41) is 2.33. The van der Waals surface area contributed by atoms with Crippen molar-refractivity contribution in [1.29, 1.82) is 0 Å². The Labute approximate surface area is 194 Å². The number of hydrogen-bond acceptors (Lipinski definition) is 6. The average Bonchev–Trinajstić information content (AvgIpc) is 3.32. The van der Waals surface area contributed by atoms with Crippen molar-refractivity contribution in [1.82, 2.24) is 4.90 Å². The van der Waals surface area contributed by atoms with Gasteiger partial charge in [-0.2, -0.15) is 0 Å². The Morgan fingerprint density at radius 1 is 1.09 bits per heavy atom. The zero-order valence-corrected chi connectivity index (χ0v) is 18.8. The number of esters is 1. The van der Waals surface area contributed by atoms with Gasteiger partial charge in [-0.25, -0.2) is 4.79 Å². The van der Waals surface area contributed by atoms with Gasteiger partial charge >= 0.3 is 5.97 Å². The van der Waals surface area contributed by atoms with Crippen LogP contribution in [0.15, 0.2) is 69.2 Å². The van der Waals surface area contributed by atoms with Gasteiger partial charge in [0.15, 0.2) is 17.6 Å². The third-order valence-electron chi connectivity index (χ3n) is 5.89. The summed E-state index contributed by atoms with van der Waals surface area (Å²) >= 11 is 1.70. The maximum absolute atomic E-state index is 13.0. The molecule has 0 N–H and O–H groups in total. The Kier molecular flexibility index (Phi) is 5.56. The Balaban J connectivity index is 1.40. The van der Waals surface area contributed by atoms with Gasteiger partial charge in [-0.1, -0.05) is 36.4 Å². The lowest BCUT2D eigenvalue weighted by Crippen LogP contribution is -2.38. The van der Waals surface area contributed by atoms with Crippen LogP contribution in [-0.2, 0) is 22.5 Å². The van der Waals surface area contributed by atoms with Gasteiger partial charge in [-0.3, -0.25) is 9.59 Å². The summed E-state index contributed by atoms with van der Waals surface area (Å²) < 4.78 is 11.4. The third kappa shape index (κ3) is 3.96. The number of fused-ring (bicyclic) bond motifs is 2. The molecule has 0 spiro atoms. The van der Waals surface area contributed by atoms with E-state index in [2.05, 4.69) is 0 Å². The second-order valence-corrected chi connectivity index (χ2v) is 8.94. The maximum atomic E-state index is 13.0. The van der Waals surface area contributed by atoms with Crippen molar-refractivity contribution < 1.29 is 18.7 Å². The molecule has 6 nitrogen and oxygen atoms in total. The fourth-order valence-corrected chi connectivity index (χ4v) is 4.98. The van der Waals surface area contributed by atoms with Crippen LogP contribution in [0, 0.1) is 6.92 Å². The van der Waals surface area contributed by atoms with Gasteiger partial charge in [0.2, 0.25) is 0 Å². The van der Waals surface area contributed by atoms with Crippen molar-refractivity contribution in [3.8, 4) is 11.3 Å². The minimum atomic E-state index is -0.701. The molecule has 4 aromatic rings. The van der Waals surface area contributed by atoms with Gasteiger partial charge in [0.1, 0.15) is 11.3 Å². The molecule has 1 aliphatic rings. The number of nitrogens with zero attached hydrogens (tertiary/aromatic N) is 1. The molecule has 2 aromatic heterocycles. The Hall–Kier alpha value is -3.71. The SMILES string of the molecule is Cc1c(-c2ccccc2)oc2c(C(=O)OCC(=O)N3CCc4sccc4C3)cccc2c1=O. The Morgan fingerprint density at radius 2 is 1.91 bits per heavy atom. The second kappa shape index (κ2) is 8.67. The first-order chi connectivity index (χ1) is 16.0. The number of ether oxygens (including phenoxy) is 1. The first-order valence-electron chi connectivity index (χ1n) is 10.6. The third-order valence-corrected chi connectivity index (χ3v) is 6.91. The van der Waals surface area contributed by atoms with Crippen molar-refractivity contribution >= 4 is 34.2 Å². The van der Waals surface area contributed by atoms with Crippen LogP contribution < -0.4 is 5.43 Å². The predicted octanol–water partition coefficient (Wildman–Crippen LogP) is 4.57. The number of para-hydroxylation sites is 1. The fraction of sp³-hybridized carbons (Fsp3) is 0.192. The summed E-state index contributed by atoms with van der Waals surface area (Å²) in [5.41, 5.74) is 2.42. The standard InChI is InChI=1S/C26H21NO5S/c1-16-23(29)19-8-5-9-20(25(19)32-24(16)17-6-3-2-4-7-17)26(30)31-15-22(28)27-12-10-21-18(14-27)11-13-33-21/h2-9,11,13H,10,12,14-15H2,1H3. The molecule has 0 aliphatic carbocycles. The number of rotatable bonds is 4. The van der Waals surface area contributed by atoms with E-state index in [1.807, 2.05) is 41.8 Å². The largest absolute Gasteiger partial charge is 0.455 e. The summed E-state index contributed by atoms with van der Waals surface area (Å²) in [6.45, 7) is 2.47. The smallest absolute Gasteiger partial charge is 0.342 e. The van der Waals surface area contributed by atoms with Crippen LogP contribution in [0.1, 0.15) is 26.4 Å². The van der Waals surface area contributed by atoms with E-state index in [0.717, 1.165) is 17.5 Å². The normalized spacial score (nSPS) is 13.1. The van der Waals surface area contributed by atoms with Crippen LogP contribution in [0.2, 0.25) is 0 Å². The Bertz CT molecular complexity index is 1420. The minimum Gasteiger partial charge on any atom is -0.455 e. The van der Waals surface area contributed by atoms with Crippen LogP contribution in [0.4, 0.5) is 0 Å². The topological polar surface area (TPSA) is 76.8 Å². The van der Waals surface area contributed by atoms with Gasteiger partial charge in [0.05, 0.1) is 5.39 Å². The maximum Gasteiger partial charge on any atom is 0.342 e. The van der Waals surface area contributed by atoms with E-state index >= 15 is 0 Å². The van der Waals surface area contributed by atoms with Crippen molar-refractivity contribution in [2.45, 2.75) is 19.9 Å². The van der Waals surface area contributed by atoms with Crippen molar-refractivity contribution in [2.24, 2.45) is 0 Å². The average molecular weight is 460 g/mol. The summed E-state index contributed by atoms with van der Waals surface area (Å²) in [6.07, 6.45) is 0.808. The number of hydrogen-bond donors (Lipinski definition) is 0. The lowest BCUT2D eigenvalue weighted by Gasteiger charge is -2.26. The van der Waals surface area contributed by atoms with Crippen molar-refractivity contribution in [3.05, 3.63) is 91.8 Å². The summed E-state index contributed by atoms with van der Waals surface area (Å²) in [5.74, 6) is -0.541. The number of thiophene rings is 1. The summed E-state index contributed by atoms with van der Waals surface area (Å²) in [7, 11) is 0. The molecule has 33 heavy (non-hydrogen) atoms. The lowest BCUT2D eigenvalue weighted by molar-refractivity contribution is -0.135. The first-order valence-corrected chi connectivity index (χ1v) is 11.5. The van der Waals surface area contributed by atoms with E-state index in [1.54, 1.807) is 41.4 Å². The molecule has 0 atom stereocenters. The molecule has 0 radical (unpaired) electrons. The zero-order valence-electron chi connectivity index (χ0n) is 18.0. The monoisotopic (exact) mass is 459 g/mol. The van der Waals surface area contributed by atoms with Crippen LogP contribution in [0.3, 0.4) is 0 Å². The van der Waals surface area contributed by atoms with E-state index in [9.17, 15) is 14.4 Å². The summed E-state index contributed by atoms with van der Waals surface area (Å²) in [6, 6.07) is 16.1. The Morgan fingerprint density at radius 3 is 2.73 bits per heavy atom. The number of benzene rings is 2. The van der Waals surface area contributed by atoms with Gasteiger partial charge in [0, 0.05) is 29.1 Å². The van der Waals surface area contributed by atoms with E-state index in [4.69, 9.17) is 9.15 Å². The highest BCUT2D eigenvalue weighted by molar-refractivity contribution is 7.10. The molecule has 7 heteroatoms. The predicted molar refractivity (Wildman–Crippen MR) is 126 cm³/mol. The molecule has 2 aromatic carbocycles. The van der Waals surface area contributed by atoms with Crippen LogP contribution in [0.25, 0.3) is 22.3 Å². The highest BCUT2D eigenvalue weighted by Crippen LogP contribution is 2.28. The quantitative estimate of drug-likeness (QED) is 0.418. The van der Waals surface area contributed by atoms with Crippen LogP contribution in [-0.4, -0.2) is 29.9 Å². The number of carbonyl (C=O) groups excluding carboxylic acids is 2. The van der Waals surface area contributed by atoms with E-state index in [0.29, 0.717) is 29.8 Å². The van der Waals surface area contributed by atoms with Gasteiger partial charge in [-0.05, 0) is 42.5 Å². The molecule has 0 unspecified atom stereocenters. The molecule has 1 aliphatic heterocycles. The molecule has 0 saturated carbocycles. The highest BCUT2D eigenvalue weighted by Gasteiger charge is 2.24. The molecule has 0 fully saturated rings. The molecule has 1 amide bonds. The van der Waals surface area contributed by atoms with Crippen molar-refractivity contribution in [3.63, 3.8) is 0 Å². The molecule has 5 rings (SSSR count). The molecule has 3 heterocycles. The minimum absolute atomic E-state index is 0.119. The van der Waals surface area contributed by atoms with E-state index in [1.165, 1.54) is 4.88 Å². The lowest BCUT2D eigenvalue weighted by atomic mass is 10.0. The molecule has 0 saturated heterocycles. The van der Waals surface area contributed by atoms with E-state index in [-0.39, 0.29) is 29.1 Å². The van der Waals surface area contributed by atoms with Gasteiger partial charge < -0.3 is 14.1 Å². The van der Waals surface area contributed by atoms with Gasteiger partial charge in [-0.15, -0.1) is 11.3 Å². The van der Waals surface area contributed by atoms with E-state index < -0.39 is 5.97 Å².